The van der Waals surface area contributed by atoms with E-state index in [0.29, 0.717) is 17.0 Å². The lowest BCUT2D eigenvalue weighted by Gasteiger charge is -2.37. The third-order valence-electron chi connectivity index (χ3n) is 6.66. The molecule has 0 saturated carbocycles. The van der Waals surface area contributed by atoms with Crippen LogP contribution in [0.1, 0.15) is 50.7 Å². The Labute approximate surface area is 221 Å². The summed E-state index contributed by atoms with van der Waals surface area (Å²) in [5.74, 6) is -2.03. The summed E-state index contributed by atoms with van der Waals surface area (Å²) >= 11 is 12.3. The van der Waals surface area contributed by atoms with Gasteiger partial charge in [-0.15, -0.1) is 0 Å². The fraction of sp³-hybridized carbons (Fsp3) is 0.481. The van der Waals surface area contributed by atoms with Gasteiger partial charge in [-0.3, -0.25) is 4.79 Å². The molecule has 2 aromatic rings. The van der Waals surface area contributed by atoms with E-state index in [-0.39, 0.29) is 29.0 Å². The smallest absolute Gasteiger partial charge is 0.237 e. The standard InChI is InChI=1S/C27H32Cl2FN3O3/c1-26(2,3)13-21-27(15-31,16-7-9-17(28)10-8-16)22(19-5-4-6-20(29)23(19)30)24(33-21)25(36)32-12-11-18(35)14-34/h4-10,18,21-22,24,33-35H,11-14H2,1-3H3,(H,32,36)/t18-,21+,22?,24-,27?/m1/s1. The maximum atomic E-state index is 15.5. The summed E-state index contributed by atoms with van der Waals surface area (Å²) in [6.45, 7) is 5.80. The molecule has 1 saturated heterocycles. The minimum Gasteiger partial charge on any atom is -0.394 e. The summed E-state index contributed by atoms with van der Waals surface area (Å²) in [4.78, 5) is 13.5. The van der Waals surface area contributed by atoms with Gasteiger partial charge >= 0.3 is 0 Å². The molecule has 36 heavy (non-hydrogen) atoms. The highest BCUT2D eigenvalue weighted by atomic mass is 35.5. The highest BCUT2D eigenvalue weighted by Crippen LogP contribution is 2.52. The Bertz CT molecular complexity index is 1120. The summed E-state index contributed by atoms with van der Waals surface area (Å²) in [6, 6.07) is 12.5. The number of aliphatic hydroxyl groups excluding tert-OH is 2. The Morgan fingerprint density at radius 1 is 1.25 bits per heavy atom. The van der Waals surface area contributed by atoms with Crippen LogP contribution in [0, 0.1) is 22.6 Å². The summed E-state index contributed by atoms with van der Waals surface area (Å²) in [5, 5.41) is 36.1. The SMILES string of the molecule is CC(C)(C)C[C@@H]1N[C@@H](C(=O)NCC[C@@H](O)CO)C(c2cccc(Cl)c2F)C1(C#N)c1ccc(Cl)cc1. The number of nitriles is 1. The van der Waals surface area contributed by atoms with Gasteiger partial charge in [0.15, 0.2) is 0 Å². The molecular formula is C27H32Cl2FN3O3. The van der Waals surface area contributed by atoms with Crippen LogP contribution in [-0.2, 0) is 10.2 Å². The van der Waals surface area contributed by atoms with Crippen molar-refractivity contribution < 1.29 is 19.4 Å². The molecule has 2 aromatic carbocycles. The van der Waals surface area contributed by atoms with Crippen molar-refractivity contribution in [3.8, 4) is 6.07 Å². The van der Waals surface area contributed by atoms with Gasteiger partial charge in [0.05, 0.1) is 29.8 Å². The van der Waals surface area contributed by atoms with Crippen LogP contribution in [0.25, 0.3) is 0 Å². The van der Waals surface area contributed by atoms with E-state index in [9.17, 15) is 15.2 Å². The third-order valence-corrected chi connectivity index (χ3v) is 7.21. The van der Waals surface area contributed by atoms with Crippen molar-refractivity contribution in [2.45, 2.75) is 63.1 Å². The van der Waals surface area contributed by atoms with Crippen molar-refractivity contribution in [1.29, 1.82) is 5.26 Å². The molecule has 0 aliphatic carbocycles. The topological polar surface area (TPSA) is 105 Å². The number of carbonyl (C=O) groups is 1. The van der Waals surface area contributed by atoms with Gasteiger partial charge in [0.1, 0.15) is 11.2 Å². The number of hydrogen-bond acceptors (Lipinski definition) is 5. The average molecular weight is 536 g/mol. The number of amides is 1. The highest BCUT2D eigenvalue weighted by molar-refractivity contribution is 6.31. The number of rotatable bonds is 8. The normalized spacial score (nSPS) is 24.8. The van der Waals surface area contributed by atoms with Gasteiger partial charge < -0.3 is 20.8 Å². The Balaban J connectivity index is 2.19. The molecule has 0 aromatic heterocycles. The van der Waals surface area contributed by atoms with Gasteiger partial charge in [0.25, 0.3) is 0 Å². The first-order valence-electron chi connectivity index (χ1n) is 11.9. The Morgan fingerprint density at radius 2 is 1.92 bits per heavy atom. The predicted octanol–water partition coefficient (Wildman–Crippen LogP) is 4.31. The minimum atomic E-state index is -1.32. The zero-order valence-corrected chi connectivity index (χ0v) is 22.1. The van der Waals surface area contributed by atoms with Crippen LogP contribution in [0.4, 0.5) is 4.39 Å². The molecule has 9 heteroatoms. The molecule has 1 fully saturated rings. The molecule has 6 nitrogen and oxygen atoms in total. The van der Waals surface area contributed by atoms with Crippen molar-refractivity contribution in [1.82, 2.24) is 10.6 Å². The summed E-state index contributed by atoms with van der Waals surface area (Å²) in [5.41, 5.74) is -0.763. The molecule has 2 unspecified atom stereocenters. The van der Waals surface area contributed by atoms with Crippen molar-refractivity contribution in [2.24, 2.45) is 5.41 Å². The molecule has 0 spiro atoms. The van der Waals surface area contributed by atoms with Crippen LogP contribution in [0.15, 0.2) is 42.5 Å². The van der Waals surface area contributed by atoms with E-state index in [1.54, 1.807) is 36.4 Å². The van der Waals surface area contributed by atoms with E-state index < -0.39 is 47.9 Å². The quantitative estimate of drug-likeness (QED) is 0.403. The number of halogens is 3. The summed E-state index contributed by atoms with van der Waals surface area (Å²) in [7, 11) is 0. The fourth-order valence-electron chi connectivity index (χ4n) is 5.05. The Hall–Kier alpha value is -2.21. The second-order valence-electron chi connectivity index (χ2n) is 10.5. The molecule has 0 radical (unpaired) electrons. The highest BCUT2D eigenvalue weighted by Gasteiger charge is 2.60. The first-order chi connectivity index (χ1) is 16.9. The van der Waals surface area contributed by atoms with Gasteiger partial charge in [-0.1, -0.05) is 68.2 Å². The molecule has 4 N–H and O–H groups in total. The lowest BCUT2D eigenvalue weighted by molar-refractivity contribution is -0.123. The van der Waals surface area contributed by atoms with E-state index in [1.807, 2.05) is 20.8 Å². The second kappa shape index (κ2) is 11.5. The number of nitrogens with zero attached hydrogens (tertiary/aromatic N) is 1. The van der Waals surface area contributed by atoms with Gasteiger partial charge in [-0.05, 0) is 47.6 Å². The lowest BCUT2D eigenvalue weighted by atomic mass is 9.63. The van der Waals surface area contributed by atoms with Crippen molar-refractivity contribution >= 4 is 29.1 Å². The number of hydrogen-bond donors (Lipinski definition) is 4. The van der Waals surface area contributed by atoms with Crippen molar-refractivity contribution in [3.63, 3.8) is 0 Å². The zero-order valence-electron chi connectivity index (χ0n) is 20.6. The number of carbonyl (C=O) groups excluding carboxylic acids is 1. The fourth-order valence-corrected chi connectivity index (χ4v) is 5.36. The molecule has 1 aliphatic rings. The summed E-state index contributed by atoms with van der Waals surface area (Å²) < 4.78 is 15.5. The Morgan fingerprint density at radius 3 is 2.50 bits per heavy atom. The maximum absolute atomic E-state index is 15.5. The van der Waals surface area contributed by atoms with E-state index >= 15 is 4.39 Å². The maximum Gasteiger partial charge on any atom is 0.237 e. The van der Waals surface area contributed by atoms with Crippen LogP contribution in [0.5, 0.6) is 0 Å². The van der Waals surface area contributed by atoms with Gasteiger partial charge in [0.2, 0.25) is 5.91 Å². The molecule has 1 heterocycles. The van der Waals surface area contributed by atoms with Crippen LogP contribution < -0.4 is 10.6 Å². The average Bonchev–Trinajstić information content (AvgIpc) is 3.14. The van der Waals surface area contributed by atoms with Crippen LogP contribution in [0.3, 0.4) is 0 Å². The molecule has 3 rings (SSSR count). The van der Waals surface area contributed by atoms with Crippen LogP contribution in [-0.4, -0.2) is 47.5 Å². The van der Waals surface area contributed by atoms with Gasteiger partial charge in [-0.2, -0.15) is 5.26 Å². The summed E-state index contributed by atoms with van der Waals surface area (Å²) in [6.07, 6.45) is -0.296. The van der Waals surface area contributed by atoms with Crippen molar-refractivity contribution in [2.75, 3.05) is 13.2 Å². The van der Waals surface area contributed by atoms with Gasteiger partial charge in [0, 0.05) is 23.5 Å². The van der Waals surface area contributed by atoms with E-state index in [4.69, 9.17) is 28.3 Å². The van der Waals surface area contributed by atoms with Crippen molar-refractivity contribution in [3.05, 3.63) is 69.5 Å². The van der Waals surface area contributed by atoms with Crippen LogP contribution in [0.2, 0.25) is 10.0 Å². The lowest BCUT2D eigenvalue weighted by Crippen LogP contribution is -2.46. The predicted molar refractivity (Wildman–Crippen MR) is 138 cm³/mol. The monoisotopic (exact) mass is 535 g/mol. The van der Waals surface area contributed by atoms with E-state index in [1.165, 1.54) is 6.07 Å². The van der Waals surface area contributed by atoms with E-state index in [2.05, 4.69) is 16.7 Å². The minimum absolute atomic E-state index is 0.0973. The molecule has 1 amide bonds. The van der Waals surface area contributed by atoms with Crippen LogP contribution >= 0.6 is 23.2 Å². The number of benzene rings is 2. The molecule has 1 aliphatic heterocycles. The van der Waals surface area contributed by atoms with Gasteiger partial charge in [-0.25, -0.2) is 4.39 Å². The zero-order chi connectivity index (χ0) is 26.7. The number of aliphatic hydroxyl groups is 2. The molecule has 194 valence electrons. The largest absolute Gasteiger partial charge is 0.394 e. The molecule has 5 atom stereocenters. The molecular weight excluding hydrogens is 504 g/mol. The first-order valence-corrected chi connectivity index (χ1v) is 12.6. The second-order valence-corrected chi connectivity index (χ2v) is 11.3. The molecule has 0 bridgehead atoms. The number of nitrogens with one attached hydrogen (secondary N) is 2. The Kier molecular flexibility index (Phi) is 9.02. The van der Waals surface area contributed by atoms with E-state index in [0.717, 1.165) is 0 Å². The third kappa shape index (κ3) is 5.85. The first kappa shape index (κ1) is 28.4.